The summed E-state index contributed by atoms with van der Waals surface area (Å²) in [4.78, 5) is 0. The van der Waals surface area contributed by atoms with E-state index in [4.69, 9.17) is 0 Å². The minimum Gasteiger partial charge on any atom is -0.388 e. The van der Waals surface area contributed by atoms with Crippen molar-refractivity contribution in [2.45, 2.75) is 76.0 Å². The predicted octanol–water partition coefficient (Wildman–Crippen LogP) is 5.87. The Labute approximate surface area is 136 Å². The van der Waals surface area contributed by atoms with Crippen molar-refractivity contribution in [2.24, 2.45) is 0 Å². The van der Waals surface area contributed by atoms with E-state index in [1.54, 1.807) is 11.1 Å². The molecule has 2 heteroatoms. The minimum absolute atomic E-state index is 0.768. The summed E-state index contributed by atoms with van der Waals surface area (Å²) in [6.45, 7) is 0. The van der Waals surface area contributed by atoms with Gasteiger partial charge in [-0.3, -0.25) is 0 Å². The summed E-state index contributed by atoms with van der Waals surface area (Å²) in [6, 6.07) is 4.93. The average molecular weight is 300 g/mol. The molecule has 3 rings (SSSR count). The molecule has 1 aromatic carbocycles. The summed E-state index contributed by atoms with van der Waals surface area (Å²) in [6.07, 6.45) is 14.0. The Morgan fingerprint density at radius 2 is 1.05 bits per heavy atom. The van der Waals surface area contributed by atoms with Crippen LogP contribution in [0, 0.1) is 0 Å². The van der Waals surface area contributed by atoms with Crippen molar-refractivity contribution in [3.05, 3.63) is 23.3 Å². The molecule has 2 fully saturated rings. The molecule has 0 saturated heterocycles. The molecular weight excluding hydrogens is 268 g/mol. The van der Waals surface area contributed by atoms with Gasteiger partial charge in [0, 0.05) is 25.5 Å². The van der Waals surface area contributed by atoms with Crippen LogP contribution in [0.15, 0.2) is 12.1 Å². The molecule has 22 heavy (non-hydrogen) atoms. The Balaban J connectivity index is 1.96. The van der Waals surface area contributed by atoms with Gasteiger partial charge < -0.3 is 10.6 Å². The van der Waals surface area contributed by atoms with Crippen LogP contribution >= 0.6 is 0 Å². The van der Waals surface area contributed by atoms with Gasteiger partial charge in [-0.25, -0.2) is 0 Å². The zero-order valence-electron chi connectivity index (χ0n) is 14.4. The fourth-order valence-electron chi connectivity index (χ4n) is 4.57. The predicted molar refractivity (Wildman–Crippen MR) is 97.2 cm³/mol. The van der Waals surface area contributed by atoms with E-state index in [9.17, 15) is 0 Å². The largest absolute Gasteiger partial charge is 0.388 e. The van der Waals surface area contributed by atoms with E-state index >= 15 is 0 Å². The smallest absolute Gasteiger partial charge is 0.0393 e. The van der Waals surface area contributed by atoms with Crippen molar-refractivity contribution in [2.75, 3.05) is 24.7 Å². The lowest BCUT2D eigenvalue weighted by molar-refractivity contribution is 0.436. The quantitative estimate of drug-likeness (QED) is 0.727. The minimum atomic E-state index is 0.768. The van der Waals surface area contributed by atoms with Gasteiger partial charge in [-0.2, -0.15) is 0 Å². The first-order chi connectivity index (χ1) is 10.8. The molecule has 2 saturated carbocycles. The lowest BCUT2D eigenvalue weighted by Crippen LogP contribution is -2.12. The third-order valence-electron chi connectivity index (χ3n) is 5.85. The number of hydrogen-bond acceptors (Lipinski definition) is 2. The van der Waals surface area contributed by atoms with Gasteiger partial charge in [0.25, 0.3) is 0 Å². The molecule has 2 N–H and O–H groups in total. The van der Waals surface area contributed by atoms with Crippen LogP contribution < -0.4 is 10.6 Å². The molecular formula is C20H32N2. The van der Waals surface area contributed by atoms with Gasteiger partial charge in [0.15, 0.2) is 0 Å². The highest BCUT2D eigenvalue weighted by Gasteiger charge is 2.24. The van der Waals surface area contributed by atoms with Crippen LogP contribution in [0.25, 0.3) is 0 Å². The van der Waals surface area contributed by atoms with Crippen LogP contribution in [0.3, 0.4) is 0 Å². The molecule has 0 unspecified atom stereocenters. The molecule has 1 aromatic rings. The van der Waals surface area contributed by atoms with Gasteiger partial charge in [-0.15, -0.1) is 0 Å². The number of anilines is 2. The molecule has 2 aliphatic rings. The van der Waals surface area contributed by atoms with Gasteiger partial charge in [-0.1, -0.05) is 44.6 Å². The Morgan fingerprint density at radius 3 is 1.41 bits per heavy atom. The number of nitrogens with one attached hydrogen (secondary N) is 2. The van der Waals surface area contributed by atoms with E-state index in [0.29, 0.717) is 0 Å². The number of benzene rings is 1. The van der Waals surface area contributed by atoms with Gasteiger partial charge >= 0.3 is 0 Å². The first-order valence-electron chi connectivity index (χ1n) is 9.37. The third kappa shape index (κ3) is 3.26. The molecule has 0 aliphatic heterocycles. The highest BCUT2D eigenvalue weighted by Crippen LogP contribution is 2.43. The SMILES string of the molecule is CNc1cc(NC)c(C2CCCCC2)cc1C1CCCCC1. The second-order valence-electron chi connectivity index (χ2n) is 7.20. The third-order valence-corrected chi connectivity index (χ3v) is 5.85. The molecule has 2 aliphatic carbocycles. The van der Waals surface area contributed by atoms with Crippen LogP contribution in [0.4, 0.5) is 11.4 Å². The zero-order chi connectivity index (χ0) is 15.4. The highest BCUT2D eigenvalue weighted by molar-refractivity contribution is 5.67. The molecule has 0 heterocycles. The normalized spacial score (nSPS) is 20.8. The zero-order valence-corrected chi connectivity index (χ0v) is 14.4. The molecule has 0 amide bonds. The molecule has 122 valence electrons. The van der Waals surface area contributed by atoms with E-state index in [2.05, 4.69) is 36.9 Å². The first-order valence-corrected chi connectivity index (χ1v) is 9.37. The Morgan fingerprint density at radius 1 is 0.636 bits per heavy atom. The van der Waals surface area contributed by atoms with Crippen LogP contribution in [0.1, 0.15) is 87.2 Å². The van der Waals surface area contributed by atoms with E-state index in [-0.39, 0.29) is 0 Å². The highest BCUT2D eigenvalue weighted by atomic mass is 14.9. The maximum absolute atomic E-state index is 3.46. The maximum Gasteiger partial charge on any atom is 0.0393 e. The van der Waals surface area contributed by atoms with Crippen molar-refractivity contribution in [3.63, 3.8) is 0 Å². The summed E-state index contributed by atoms with van der Waals surface area (Å²) < 4.78 is 0. The summed E-state index contributed by atoms with van der Waals surface area (Å²) in [5.41, 5.74) is 5.86. The summed E-state index contributed by atoms with van der Waals surface area (Å²) in [5.74, 6) is 1.54. The van der Waals surface area contributed by atoms with Crippen molar-refractivity contribution >= 4 is 11.4 Å². The van der Waals surface area contributed by atoms with Crippen molar-refractivity contribution < 1.29 is 0 Å². The second kappa shape index (κ2) is 7.39. The van der Waals surface area contributed by atoms with Crippen LogP contribution in [-0.4, -0.2) is 14.1 Å². The van der Waals surface area contributed by atoms with Crippen molar-refractivity contribution in [1.29, 1.82) is 0 Å². The fourth-order valence-corrected chi connectivity index (χ4v) is 4.57. The Bertz CT molecular complexity index is 441. The summed E-state index contributed by atoms with van der Waals surface area (Å²) in [5, 5.41) is 6.92. The van der Waals surface area contributed by atoms with Crippen molar-refractivity contribution in [1.82, 2.24) is 0 Å². The van der Waals surface area contributed by atoms with E-state index in [1.807, 2.05) is 0 Å². The Kier molecular flexibility index (Phi) is 5.28. The Hall–Kier alpha value is -1.18. The second-order valence-corrected chi connectivity index (χ2v) is 7.20. The average Bonchev–Trinajstić information content (AvgIpc) is 2.62. The first kappa shape index (κ1) is 15.7. The summed E-state index contributed by atoms with van der Waals surface area (Å²) >= 11 is 0. The standard InChI is InChI=1S/C20H32N2/c1-21-19-14-20(22-2)18(16-11-7-4-8-12-16)13-17(19)15-9-5-3-6-10-15/h13-16,21-22H,3-12H2,1-2H3. The van der Waals surface area contributed by atoms with Crippen molar-refractivity contribution in [3.8, 4) is 0 Å². The number of rotatable bonds is 4. The van der Waals surface area contributed by atoms with Gasteiger partial charge in [0.1, 0.15) is 0 Å². The molecule has 0 bridgehead atoms. The molecule has 0 aromatic heterocycles. The topological polar surface area (TPSA) is 24.1 Å². The molecule has 2 nitrogen and oxygen atoms in total. The van der Waals surface area contributed by atoms with Gasteiger partial charge in [0.2, 0.25) is 0 Å². The fraction of sp³-hybridized carbons (Fsp3) is 0.700. The summed E-state index contributed by atoms with van der Waals surface area (Å²) in [7, 11) is 4.14. The molecule has 0 spiro atoms. The van der Waals surface area contributed by atoms with Crippen LogP contribution in [-0.2, 0) is 0 Å². The lowest BCUT2D eigenvalue weighted by Gasteiger charge is -2.29. The molecule has 0 atom stereocenters. The maximum atomic E-state index is 3.46. The number of hydrogen-bond donors (Lipinski definition) is 2. The van der Waals surface area contributed by atoms with Crippen LogP contribution in [0.5, 0.6) is 0 Å². The lowest BCUT2D eigenvalue weighted by atomic mass is 9.78. The van der Waals surface area contributed by atoms with E-state index < -0.39 is 0 Å². The van der Waals surface area contributed by atoms with E-state index in [0.717, 1.165) is 11.8 Å². The van der Waals surface area contributed by atoms with E-state index in [1.165, 1.54) is 75.6 Å². The van der Waals surface area contributed by atoms with Crippen LogP contribution in [0.2, 0.25) is 0 Å². The monoisotopic (exact) mass is 300 g/mol. The molecule has 0 radical (unpaired) electrons. The van der Waals surface area contributed by atoms with Gasteiger partial charge in [-0.05, 0) is 54.7 Å². The van der Waals surface area contributed by atoms with Gasteiger partial charge in [0.05, 0.1) is 0 Å².